The van der Waals surface area contributed by atoms with Crippen molar-refractivity contribution in [3.63, 3.8) is 0 Å². The van der Waals surface area contributed by atoms with Crippen LogP contribution in [-0.4, -0.2) is 58.5 Å². The van der Waals surface area contributed by atoms with Crippen molar-refractivity contribution in [1.82, 2.24) is 10.2 Å². The van der Waals surface area contributed by atoms with Crippen LogP contribution in [0.25, 0.3) is 0 Å². The number of nitrogens with one attached hydrogen (secondary N) is 1. The van der Waals surface area contributed by atoms with Gasteiger partial charge < -0.3 is 19.7 Å². The molecule has 0 aliphatic carbocycles. The molecule has 226 valence electrons. The molecule has 0 radical (unpaired) electrons. The molecule has 3 aromatic rings. The first-order valence-electron chi connectivity index (χ1n) is 14.1. The summed E-state index contributed by atoms with van der Waals surface area (Å²) in [5.74, 6) is 0.163. The number of carbonyl (C=O) groups is 2. The lowest BCUT2D eigenvalue weighted by molar-refractivity contribution is -0.140. The van der Waals surface area contributed by atoms with Crippen LogP contribution in [0, 0.1) is 6.92 Å². The molecule has 10 heteroatoms. The summed E-state index contributed by atoms with van der Waals surface area (Å²) in [5, 5.41) is 2.94. The molecule has 1 N–H and O–H groups in total. The lowest BCUT2D eigenvalue weighted by Crippen LogP contribution is -2.52. The summed E-state index contributed by atoms with van der Waals surface area (Å²) in [7, 11) is -1.17. The monoisotopic (exact) mass is 595 g/mol. The van der Waals surface area contributed by atoms with E-state index in [9.17, 15) is 18.0 Å². The number of amides is 2. The Morgan fingerprint density at radius 2 is 1.62 bits per heavy atom. The summed E-state index contributed by atoms with van der Waals surface area (Å²) in [4.78, 5) is 29.0. The zero-order chi connectivity index (χ0) is 30.7. The summed E-state index contributed by atoms with van der Waals surface area (Å²) in [6.45, 7) is 5.76. The normalized spacial score (nSPS) is 11.8. The number of methoxy groups -OCH3 is 2. The van der Waals surface area contributed by atoms with E-state index in [1.165, 1.54) is 24.1 Å². The van der Waals surface area contributed by atoms with Crippen LogP contribution in [0.4, 0.5) is 5.69 Å². The Bertz CT molecular complexity index is 1430. The van der Waals surface area contributed by atoms with Gasteiger partial charge in [0.15, 0.2) is 0 Å². The van der Waals surface area contributed by atoms with Crippen LogP contribution in [0.15, 0.2) is 77.7 Å². The first-order valence-corrected chi connectivity index (χ1v) is 15.5. The molecule has 0 aromatic heterocycles. The minimum Gasteiger partial charge on any atom is -0.497 e. The number of carbonyl (C=O) groups excluding carboxylic acids is 2. The third-order valence-electron chi connectivity index (χ3n) is 6.94. The van der Waals surface area contributed by atoms with Crippen molar-refractivity contribution in [3.05, 3.63) is 83.9 Å². The second-order valence-electron chi connectivity index (χ2n) is 9.94. The van der Waals surface area contributed by atoms with Gasteiger partial charge in [-0.1, -0.05) is 56.7 Å². The van der Waals surface area contributed by atoms with Gasteiger partial charge in [0.2, 0.25) is 11.8 Å². The Morgan fingerprint density at radius 1 is 0.929 bits per heavy atom. The van der Waals surface area contributed by atoms with Crippen LogP contribution in [0.3, 0.4) is 0 Å². The smallest absolute Gasteiger partial charge is 0.264 e. The van der Waals surface area contributed by atoms with E-state index in [0.29, 0.717) is 24.5 Å². The number of unbranched alkanes of at least 4 members (excludes halogenated alkanes) is 1. The Balaban J connectivity index is 2.08. The van der Waals surface area contributed by atoms with E-state index in [0.717, 1.165) is 28.3 Å². The highest BCUT2D eigenvalue weighted by Crippen LogP contribution is 2.33. The number of hydrogen-bond donors (Lipinski definition) is 1. The molecule has 0 aliphatic heterocycles. The number of anilines is 1. The van der Waals surface area contributed by atoms with Gasteiger partial charge >= 0.3 is 0 Å². The fourth-order valence-corrected chi connectivity index (χ4v) is 6.02. The molecule has 1 unspecified atom stereocenters. The molecule has 0 spiro atoms. The van der Waals surface area contributed by atoms with E-state index < -0.39 is 28.5 Å². The molecule has 42 heavy (non-hydrogen) atoms. The van der Waals surface area contributed by atoms with E-state index in [1.807, 2.05) is 32.9 Å². The standard InChI is InChI=1S/C32H41N3O6S/c1-6-8-20-33-32(37)28(7-2)34(22-25-15-17-26(40-4)18-16-25)31(36)23-35(29-21-24(3)14-19-30(29)41-5)42(38,39)27-12-10-9-11-13-27/h9-19,21,28H,6-8,20,22-23H2,1-5H3,(H,33,37). The molecule has 0 heterocycles. The van der Waals surface area contributed by atoms with E-state index in [4.69, 9.17) is 9.47 Å². The van der Waals surface area contributed by atoms with Crippen molar-refractivity contribution in [2.45, 2.75) is 57.5 Å². The Hall–Kier alpha value is -4.05. The first kappa shape index (κ1) is 32.5. The maximum Gasteiger partial charge on any atom is 0.264 e. The predicted molar refractivity (Wildman–Crippen MR) is 164 cm³/mol. The maximum absolute atomic E-state index is 14.2. The number of hydrogen-bond acceptors (Lipinski definition) is 6. The molecule has 2 amide bonds. The molecule has 9 nitrogen and oxygen atoms in total. The number of nitrogens with zero attached hydrogens (tertiary/aromatic N) is 2. The zero-order valence-electron chi connectivity index (χ0n) is 25.0. The second-order valence-corrected chi connectivity index (χ2v) is 11.8. The topological polar surface area (TPSA) is 105 Å². The molecule has 0 saturated heterocycles. The third-order valence-corrected chi connectivity index (χ3v) is 8.71. The van der Waals surface area contributed by atoms with Crippen LogP contribution in [0.2, 0.25) is 0 Å². The van der Waals surface area contributed by atoms with Gasteiger partial charge in [-0.3, -0.25) is 13.9 Å². The van der Waals surface area contributed by atoms with Crippen molar-refractivity contribution in [3.8, 4) is 11.5 Å². The van der Waals surface area contributed by atoms with Gasteiger partial charge in [-0.15, -0.1) is 0 Å². The van der Waals surface area contributed by atoms with Crippen LogP contribution in [0.5, 0.6) is 11.5 Å². The Morgan fingerprint density at radius 3 is 2.21 bits per heavy atom. The van der Waals surface area contributed by atoms with E-state index >= 15 is 0 Å². The molecule has 0 saturated carbocycles. The summed E-state index contributed by atoms with van der Waals surface area (Å²) in [5.41, 5.74) is 1.80. The van der Waals surface area contributed by atoms with Crippen molar-refractivity contribution >= 4 is 27.5 Å². The van der Waals surface area contributed by atoms with Gasteiger partial charge in [0.05, 0.1) is 24.8 Å². The Labute approximate surface area is 249 Å². The third kappa shape index (κ3) is 8.03. The molecule has 3 aromatic carbocycles. The van der Waals surface area contributed by atoms with Gasteiger partial charge in [0.1, 0.15) is 24.1 Å². The van der Waals surface area contributed by atoms with Crippen LogP contribution in [0.1, 0.15) is 44.2 Å². The fraction of sp³-hybridized carbons (Fsp3) is 0.375. The summed E-state index contributed by atoms with van der Waals surface area (Å²) in [6, 6.07) is 19.5. The molecule has 3 rings (SSSR count). The summed E-state index contributed by atoms with van der Waals surface area (Å²) < 4.78 is 40.0. The maximum atomic E-state index is 14.2. The van der Waals surface area contributed by atoms with Crippen LogP contribution in [-0.2, 0) is 26.2 Å². The number of ether oxygens (including phenoxy) is 2. The molecule has 0 aliphatic rings. The predicted octanol–water partition coefficient (Wildman–Crippen LogP) is 4.93. The van der Waals surface area contributed by atoms with E-state index in [1.54, 1.807) is 55.6 Å². The average Bonchev–Trinajstić information content (AvgIpc) is 3.00. The Kier molecular flexibility index (Phi) is 11.8. The first-order chi connectivity index (χ1) is 20.2. The molecule has 0 fully saturated rings. The summed E-state index contributed by atoms with van der Waals surface area (Å²) in [6.07, 6.45) is 2.07. The highest BCUT2D eigenvalue weighted by atomic mass is 32.2. The highest BCUT2D eigenvalue weighted by Gasteiger charge is 2.34. The minimum atomic E-state index is -4.20. The average molecular weight is 596 g/mol. The lowest BCUT2D eigenvalue weighted by Gasteiger charge is -2.33. The number of rotatable bonds is 15. The molecular formula is C32H41N3O6S. The number of sulfonamides is 1. The van der Waals surface area contributed by atoms with Gasteiger partial charge in [-0.2, -0.15) is 0 Å². The van der Waals surface area contributed by atoms with Crippen molar-refractivity contribution in [1.29, 1.82) is 0 Å². The largest absolute Gasteiger partial charge is 0.497 e. The second kappa shape index (κ2) is 15.3. The number of aryl methyl sites for hydroxylation is 1. The molecule has 1 atom stereocenters. The van der Waals surface area contributed by atoms with Gasteiger partial charge in [0, 0.05) is 13.1 Å². The van der Waals surface area contributed by atoms with Crippen LogP contribution >= 0.6 is 0 Å². The van der Waals surface area contributed by atoms with Crippen molar-refractivity contribution in [2.24, 2.45) is 0 Å². The fourth-order valence-electron chi connectivity index (χ4n) is 4.58. The summed E-state index contributed by atoms with van der Waals surface area (Å²) >= 11 is 0. The van der Waals surface area contributed by atoms with E-state index in [2.05, 4.69) is 5.32 Å². The van der Waals surface area contributed by atoms with Gasteiger partial charge in [-0.25, -0.2) is 8.42 Å². The number of benzene rings is 3. The highest BCUT2D eigenvalue weighted by molar-refractivity contribution is 7.92. The molecular weight excluding hydrogens is 554 g/mol. The quantitative estimate of drug-likeness (QED) is 0.250. The van der Waals surface area contributed by atoms with Crippen LogP contribution < -0.4 is 19.1 Å². The molecule has 0 bridgehead atoms. The lowest BCUT2D eigenvalue weighted by atomic mass is 10.1. The van der Waals surface area contributed by atoms with Crippen molar-refractivity contribution < 1.29 is 27.5 Å². The SMILES string of the molecule is CCCCNC(=O)C(CC)N(Cc1ccc(OC)cc1)C(=O)CN(c1cc(C)ccc1OC)S(=O)(=O)c1ccccc1. The zero-order valence-corrected chi connectivity index (χ0v) is 25.8. The van der Waals surface area contributed by atoms with Gasteiger partial charge in [0.25, 0.3) is 10.0 Å². The van der Waals surface area contributed by atoms with E-state index in [-0.39, 0.29) is 23.0 Å². The van der Waals surface area contributed by atoms with Crippen molar-refractivity contribution in [2.75, 3.05) is 31.6 Å². The van der Waals surface area contributed by atoms with Gasteiger partial charge in [-0.05, 0) is 67.3 Å². The minimum absolute atomic E-state index is 0.0346.